The van der Waals surface area contributed by atoms with E-state index >= 15 is 0 Å². The number of rotatable bonds is 8. The second-order valence-corrected chi connectivity index (χ2v) is 4.43. The van der Waals surface area contributed by atoms with E-state index in [0.717, 1.165) is 0 Å². The number of esters is 1. The molecule has 0 saturated carbocycles. The van der Waals surface area contributed by atoms with Crippen molar-refractivity contribution in [2.24, 2.45) is 0 Å². The van der Waals surface area contributed by atoms with E-state index in [0.29, 0.717) is 12.8 Å². The zero-order valence-corrected chi connectivity index (χ0v) is 11.3. The molecule has 0 fully saturated rings. The first kappa shape index (κ1) is 20.8. The highest BCUT2D eigenvalue weighted by Gasteiger charge is 2.81. The van der Waals surface area contributed by atoms with E-state index in [9.17, 15) is 44.3 Å². The maximum absolute atomic E-state index is 13.0. The summed E-state index contributed by atoms with van der Waals surface area (Å²) < 4.78 is 116. The molecule has 0 spiro atoms. The molecule has 0 heterocycles. The number of alkyl halides is 9. The van der Waals surface area contributed by atoms with Crippen molar-refractivity contribution < 1.29 is 49.0 Å². The van der Waals surface area contributed by atoms with Crippen LogP contribution in [0.1, 0.15) is 32.6 Å². The molecule has 0 aliphatic rings. The first-order valence-corrected chi connectivity index (χ1v) is 6.06. The van der Waals surface area contributed by atoms with Crippen LogP contribution in [0.2, 0.25) is 0 Å². The van der Waals surface area contributed by atoms with Crippen LogP contribution in [0.5, 0.6) is 0 Å². The molecular formula is C11H13F9O2. The van der Waals surface area contributed by atoms with Gasteiger partial charge in [0.05, 0.1) is 13.0 Å². The number of ether oxygens (including phenoxy) is 1. The summed E-state index contributed by atoms with van der Waals surface area (Å²) in [5.74, 6) is -20.3. The second kappa shape index (κ2) is 6.95. The summed E-state index contributed by atoms with van der Waals surface area (Å²) in [6.07, 6.45) is -8.36. The van der Waals surface area contributed by atoms with Crippen molar-refractivity contribution in [1.29, 1.82) is 0 Å². The van der Waals surface area contributed by atoms with Gasteiger partial charge in [0.15, 0.2) is 0 Å². The standard InChI is InChI=1S/C11H13F9O2/c1-2-3-4-7(21)22-6-5-8(12,13)9(14,15)10(16,17)11(18,19)20/h2-6H2,1H3. The summed E-state index contributed by atoms with van der Waals surface area (Å²) in [4.78, 5) is 10.9. The van der Waals surface area contributed by atoms with Crippen molar-refractivity contribution in [3.8, 4) is 0 Å². The van der Waals surface area contributed by atoms with Gasteiger partial charge in [-0.15, -0.1) is 0 Å². The second-order valence-electron chi connectivity index (χ2n) is 4.43. The fraction of sp³-hybridized carbons (Fsp3) is 0.909. The van der Waals surface area contributed by atoms with Crippen molar-refractivity contribution in [3.63, 3.8) is 0 Å². The van der Waals surface area contributed by atoms with Crippen molar-refractivity contribution in [1.82, 2.24) is 0 Å². The Labute approximate surface area is 119 Å². The molecule has 0 N–H and O–H groups in total. The molecule has 22 heavy (non-hydrogen) atoms. The molecule has 0 amide bonds. The number of halogens is 9. The molecule has 2 nitrogen and oxygen atoms in total. The lowest BCUT2D eigenvalue weighted by molar-refractivity contribution is -0.397. The Balaban J connectivity index is 4.82. The Bertz CT molecular complexity index is 376. The summed E-state index contributed by atoms with van der Waals surface area (Å²) >= 11 is 0. The third-order valence-corrected chi connectivity index (χ3v) is 2.62. The largest absolute Gasteiger partial charge is 0.465 e. The number of unbranched alkanes of at least 4 members (excludes halogenated alkanes) is 1. The van der Waals surface area contributed by atoms with Crippen LogP contribution in [-0.4, -0.2) is 36.5 Å². The normalized spacial score (nSPS) is 14.1. The molecule has 0 radical (unpaired) electrons. The minimum atomic E-state index is -6.92. The van der Waals surface area contributed by atoms with Crippen LogP contribution in [0.25, 0.3) is 0 Å². The highest BCUT2D eigenvalue weighted by atomic mass is 19.4. The van der Waals surface area contributed by atoms with Gasteiger partial charge in [-0.3, -0.25) is 4.79 Å². The van der Waals surface area contributed by atoms with E-state index in [1.54, 1.807) is 6.92 Å². The monoisotopic (exact) mass is 348 g/mol. The predicted octanol–water partition coefficient (Wildman–Crippen LogP) is 4.58. The van der Waals surface area contributed by atoms with Gasteiger partial charge in [0.2, 0.25) is 0 Å². The fourth-order valence-electron chi connectivity index (χ4n) is 1.25. The molecule has 0 bridgehead atoms. The molecular weight excluding hydrogens is 335 g/mol. The average molecular weight is 348 g/mol. The van der Waals surface area contributed by atoms with Crippen LogP contribution < -0.4 is 0 Å². The van der Waals surface area contributed by atoms with E-state index in [4.69, 9.17) is 0 Å². The third-order valence-electron chi connectivity index (χ3n) is 2.62. The molecule has 0 rings (SSSR count). The molecule has 0 saturated heterocycles. The van der Waals surface area contributed by atoms with Crippen LogP contribution in [-0.2, 0) is 9.53 Å². The first-order chi connectivity index (χ1) is 9.70. The van der Waals surface area contributed by atoms with Gasteiger partial charge < -0.3 is 4.74 Å². The van der Waals surface area contributed by atoms with Crippen molar-refractivity contribution in [3.05, 3.63) is 0 Å². The number of hydrogen-bond donors (Lipinski definition) is 0. The summed E-state index contributed by atoms with van der Waals surface area (Å²) in [6.45, 7) is 0.278. The van der Waals surface area contributed by atoms with Crippen molar-refractivity contribution in [2.75, 3.05) is 6.61 Å². The third kappa shape index (κ3) is 4.42. The SMILES string of the molecule is CCCCC(=O)OCCC(F)(F)C(F)(F)C(F)(F)C(F)(F)F. The Morgan fingerprint density at radius 2 is 1.41 bits per heavy atom. The van der Waals surface area contributed by atoms with E-state index in [2.05, 4.69) is 4.74 Å². The van der Waals surface area contributed by atoms with Crippen LogP contribution in [0.15, 0.2) is 0 Å². The molecule has 11 heteroatoms. The van der Waals surface area contributed by atoms with Gasteiger partial charge in [-0.25, -0.2) is 0 Å². The molecule has 0 aromatic carbocycles. The van der Waals surface area contributed by atoms with Gasteiger partial charge in [0.1, 0.15) is 0 Å². The Morgan fingerprint density at radius 1 is 0.909 bits per heavy atom. The van der Waals surface area contributed by atoms with Gasteiger partial charge >= 0.3 is 29.9 Å². The fourth-order valence-corrected chi connectivity index (χ4v) is 1.25. The van der Waals surface area contributed by atoms with Crippen LogP contribution >= 0.6 is 0 Å². The summed E-state index contributed by atoms with van der Waals surface area (Å²) in [7, 11) is 0. The lowest BCUT2D eigenvalue weighted by Gasteiger charge is -2.33. The molecule has 132 valence electrons. The van der Waals surface area contributed by atoms with Crippen molar-refractivity contribution >= 4 is 5.97 Å². The van der Waals surface area contributed by atoms with Gasteiger partial charge in [0, 0.05) is 6.42 Å². The summed E-state index contributed by atoms with van der Waals surface area (Å²) in [5.41, 5.74) is 0. The molecule has 0 atom stereocenters. The zero-order chi connectivity index (χ0) is 17.8. The van der Waals surface area contributed by atoms with Crippen molar-refractivity contribution in [2.45, 2.75) is 56.6 Å². The van der Waals surface area contributed by atoms with Gasteiger partial charge in [-0.1, -0.05) is 13.3 Å². The van der Waals surface area contributed by atoms with E-state index in [-0.39, 0.29) is 6.42 Å². The van der Waals surface area contributed by atoms with Gasteiger partial charge in [-0.2, -0.15) is 39.5 Å². The number of carbonyl (C=O) groups excluding carboxylic acids is 1. The van der Waals surface area contributed by atoms with Crippen LogP contribution in [0.3, 0.4) is 0 Å². The number of carbonyl (C=O) groups is 1. The predicted molar refractivity (Wildman–Crippen MR) is 56.0 cm³/mol. The van der Waals surface area contributed by atoms with E-state index in [1.807, 2.05) is 0 Å². The van der Waals surface area contributed by atoms with Gasteiger partial charge in [-0.05, 0) is 6.42 Å². The highest BCUT2D eigenvalue weighted by Crippen LogP contribution is 2.53. The lowest BCUT2D eigenvalue weighted by Crippen LogP contribution is -2.61. The summed E-state index contributed by atoms with van der Waals surface area (Å²) in [5, 5.41) is 0. The molecule has 0 aromatic rings. The Morgan fingerprint density at radius 3 is 1.82 bits per heavy atom. The number of hydrogen-bond acceptors (Lipinski definition) is 2. The first-order valence-electron chi connectivity index (χ1n) is 6.06. The van der Waals surface area contributed by atoms with Crippen LogP contribution in [0, 0.1) is 0 Å². The zero-order valence-electron chi connectivity index (χ0n) is 11.3. The van der Waals surface area contributed by atoms with E-state index < -0.39 is 42.9 Å². The quantitative estimate of drug-likeness (QED) is 0.474. The Kier molecular flexibility index (Phi) is 6.58. The minimum Gasteiger partial charge on any atom is -0.465 e. The van der Waals surface area contributed by atoms with E-state index in [1.165, 1.54) is 0 Å². The topological polar surface area (TPSA) is 26.3 Å². The average Bonchev–Trinajstić information content (AvgIpc) is 2.34. The molecule has 0 aliphatic heterocycles. The van der Waals surface area contributed by atoms with Crippen LogP contribution in [0.4, 0.5) is 39.5 Å². The smallest absolute Gasteiger partial charge is 0.460 e. The maximum atomic E-state index is 13.0. The highest BCUT2D eigenvalue weighted by molar-refractivity contribution is 5.69. The maximum Gasteiger partial charge on any atom is 0.460 e. The molecule has 0 aliphatic carbocycles. The minimum absolute atomic E-state index is 0.211. The molecule has 0 unspecified atom stereocenters. The Hall–Kier alpha value is -1.16. The lowest BCUT2D eigenvalue weighted by atomic mass is 10.0. The molecule has 0 aromatic heterocycles. The summed E-state index contributed by atoms with van der Waals surface area (Å²) in [6, 6.07) is 0. The van der Waals surface area contributed by atoms with Gasteiger partial charge in [0.25, 0.3) is 0 Å².